The van der Waals surface area contributed by atoms with Crippen LogP contribution in [0.4, 0.5) is 0 Å². The van der Waals surface area contributed by atoms with Gasteiger partial charge in [0.1, 0.15) is 0 Å². The molecule has 31 valence electrons. The highest BCUT2D eigenvalue weighted by molar-refractivity contribution is 6.28. The van der Waals surface area contributed by atoms with Gasteiger partial charge in [0.05, 0.1) is 0 Å². The van der Waals surface area contributed by atoms with Gasteiger partial charge in [-0.15, -0.1) is 0 Å². The third-order valence-electron chi connectivity index (χ3n) is 0.361. The molecule has 0 aliphatic carbocycles. The van der Waals surface area contributed by atoms with Crippen molar-refractivity contribution in [2.45, 2.75) is 0 Å². The Morgan fingerprint density at radius 3 is 3.00 bits per heavy atom. The number of rotatable bonds is 0. The molecule has 0 aliphatic heterocycles. The first-order valence-corrected chi connectivity index (χ1v) is 1.74. The Kier molecular flexibility index (Phi) is 0.801. The van der Waals surface area contributed by atoms with Gasteiger partial charge in [0.25, 0.3) is 0 Å². The highest BCUT2D eigenvalue weighted by atomic mass is 35.5. The van der Waals surface area contributed by atoms with E-state index in [1.807, 2.05) is 0 Å². The van der Waals surface area contributed by atoms with Gasteiger partial charge in [-0.05, 0) is 11.6 Å². The molecule has 1 aromatic rings. The largest absolute Gasteiger partial charge is 0.431 e. The molecule has 0 saturated carbocycles. The van der Waals surface area contributed by atoms with Crippen molar-refractivity contribution in [3.05, 3.63) is 17.8 Å². The van der Waals surface area contributed by atoms with Gasteiger partial charge in [0.15, 0.2) is 12.6 Å². The maximum absolute atomic E-state index is 5.17. The lowest BCUT2D eigenvalue weighted by Gasteiger charge is -1.61. The van der Waals surface area contributed by atoms with Crippen molar-refractivity contribution >= 4 is 11.6 Å². The van der Waals surface area contributed by atoms with Gasteiger partial charge in [-0.3, -0.25) is 0 Å². The quantitative estimate of drug-likeness (QED) is 0.491. The smallest absolute Gasteiger partial charge is 0.223 e. The van der Waals surface area contributed by atoms with Crippen LogP contribution in [0.25, 0.3) is 0 Å². The van der Waals surface area contributed by atoms with Gasteiger partial charge in [-0.25, -0.2) is 4.98 Å². The number of hydrogen-bond acceptors (Lipinski definition) is 2. The van der Waals surface area contributed by atoms with Gasteiger partial charge in [0.2, 0.25) is 5.22 Å². The molecule has 0 aliphatic rings. The van der Waals surface area contributed by atoms with E-state index >= 15 is 0 Å². The summed E-state index contributed by atoms with van der Waals surface area (Å²) in [5, 5.41) is 0.204. The standard InChI is InChI=1S/C3HClNO/c4-3-1-5-2-6-3/h2H. The van der Waals surface area contributed by atoms with Crippen molar-refractivity contribution in [3.8, 4) is 0 Å². The Hall–Kier alpha value is -0.500. The minimum absolute atomic E-state index is 0.204. The molecule has 2 nitrogen and oxygen atoms in total. The molecule has 1 heterocycles. The summed E-state index contributed by atoms with van der Waals surface area (Å²) in [4.78, 5) is 3.40. The van der Waals surface area contributed by atoms with Crippen molar-refractivity contribution in [3.63, 3.8) is 0 Å². The van der Waals surface area contributed by atoms with Gasteiger partial charge in [-0.1, -0.05) is 0 Å². The van der Waals surface area contributed by atoms with E-state index in [0.717, 1.165) is 0 Å². The summed E-state index contributed by atoms with van der Waals surface area (Å²) < 4.78 is 4.43. The van der Waals surface area contributed by atoms with Crippen LogP contribution in [0, 0.1) is 6.20 Å². The van der Waals surface area contributed by atoms with Crippen molar-refractivity contribution < 1.29 is 4.42 Å². The van der Waals surface area contributed by atoms with E-state index in [-0.39, 0.29) is 5.22 Å². The first-order valence-electron chi connectivity index (χ1n) is 1.36. The highest BCUT2D eigenvalue weighted by Gasteiger charge is 1.82. The second-order valence-corrected chi connectivity index (χ2v) is 1.08. The van der Waals surface area contributed by atoms with E-state index in [0.29, 0.717) is 0 Å². The average molecular weight is 102 g/mol. The van der Waals surface area contributed by atoms with Crippen LogP contribution >= 0.6 is 11.6 Å². The van der Waals surface area contributed by atoms with E-state index in [1.54, 1.807) is 0 Å². The Morgan fingerprint density at radius 1 is 2.00 bits per heavy atom. The van der Waals surface area contributed by atoms with Crippen molar-refractivity contribution in [2.75, 3.05) is 0 Å². The lowest BCUT2D eigenvalue weighted by atomic mass is 11.0. The predicted molar refractivity (Wildman–Crippen MR) is 20.3 cm³/mol. The maximum atomic E-state index is 5.17. The number of oxazole rings is 1. The summed E-state index contributed by atoms with van der Waals surface area (Å²) in [6.07, 6.45) is 3.57. The van der Waals surface area contributed by atoms with Crippen molar-refractivity contribution in [2.24, 2.45) is 0 Å². The molecule has 0 fully saturated rings. The van der Waals surface area contributed by atoms with E-state index < -0.39 is 0 Å². The first-order chi connectivity index (χ1) is 2.89. The van der Waals surface area contributed by atoms with E-state index in [9.17, 15) is 0 Å². The zero-order valence-electron chi connectivity index (χ0n) is 2.81. The molecule has 1 radical (unpaired) electrons. The summed E-state index contributed by atoms with van der Waals surface area (Å²) >= 11 is 5.17. The average Bonchev–Trinajstić information content (AvgIpc) is 1.86. The summed E-state index contributed by atoms with van der Waals surface area (Å²) in [6, 6.07) is 0. The van der Waals surface area contributed by atoms with Gasteiger partial charge >= 0.3 is 0 Å². The van der Waals surface area contributed by atoms with Crippen molar-refractivity contribution in [1.82, 2.24) is 4.98 Å². The number of halogens is 1. The van der Waals surface area contributed by atoms with Crippen LogP contribution < -0.4 is 0 Å². The molecule has 1 aromatic heterocycles. The molecule has 0 bridgehead atoms. The monoisotopic (exact) mass is 102 g/mol. The molecular formula is C3HClNO. The van der Waals surface area contributed by atoms with Gasteiger partial charge in [-0.2, -0.15) is 0 Å². The molecule has 1 rings (SSSR count). The highest BCUT2D eigenvalue weighted by Crippen LogP contribution is 2.00. The molecule has 6 heavy (non-hydrogen) atoms. The third kappa shape index (κ3) is 0.518. The lowest BCUT2D eigenvalue weighted by Crippen LogP contribution is -1.44. The molecule has 0 spiro atoms. The first kappa shape index (κ1) is 3.68. The Balaban J connectivity index is 3.05. The predicted octanol–water partition coefficient (Wildman–Crippen LogP) is 1.13. The summed E-state index contributed by atoms with van der Waals surface area (Å²) in [6.45, 7) is 0. The van der Waals surface area contributed by atoms with Crippen LogP contribution in [0.5, 0.6) is 0 Å². The Morgan fingerprint density at radius 2 is 2.83 bits per heavy atom. The topological polar surface area (TPSA) is 26.0 Å². The van der Waals surface area contributed by atoms with Crippen LogP contribution in [-0.2, 0) is 0 Å². The molecule has 0 saturated heterocycles. The van der Waals surface area contributed by atoms with Crippen LogP contribution in [0.1, 0.15) is 0 Å². The van der Waals surface area contributed by atoms with Gasteiger partial charge in [0, 0.05) is 0 Å². The zero-order chi connectivity index (χ0) is 4.41. The summed E-state index contributed by atoms with van der Waals surface area (Å²) in [5.41, 5.74) is 0. The lowest BCUT2D eigenvalue weighted by molar-refractivity contribution is 0.559. The molecule has 0 N–H and O–H groups in total. The minimum atomic E-state index is 0.204. The van der Waals surface area contributed by atoms with Crippen LogP contribution in [0.3, 0.4) is 0 Å². The number of aromatic nitrogens is 1. The van der Waals surface area contributed by atoms with E-state index in [2.05, 4.69) is 15.6 Å². The Bertz CT molecular complexity index is 114. The van der Waals surface area contributed by atoms with Crippen LogP contribution in [-0.4, -0.2) is 4.98 Å². The second-order valence-electron chi connectivity index (χ2n) is 0.738. The SMILES string of the molecule is Clc1[c]nco1. The fraction of sp³-hybridized carbons (Fsp3) is 0. The summed E-state index contributed by atoms with van der Waals surface area (Å²) in [5.74, 6) is 0. The molecular weight excluding hydrogens is 101 g/mol. The van der Waals surface area contributed by atoms with Gasteiger partial charge < -0.3 is 4.42 Å². The zero-order valence-corrected chi connectivity index (χ0v) is 3.57. The normalized spacial score (nSPS) is 8.83. The van der Waals surface area contributed by atoms with Crippen molar-refractivity contribution in [1.29, 1.82) is 0 Å². The summed E-state index contributed by atoms with van der Waals surface area (Å²) in [7, 11) is 0. The fourth-order valence-electron chi connectivity index (χ4n) is 0.176. The maximum Gasteiger partial charge on any atom is 0.223 e. The Labute approximate surface area is 39.7 Å². The molecule has 3 heteroatoms. The number of nitrogens with zero attached hydrogens (tertiary/aromatic N) is 1. The molecule has 0 aromatic carbocycles. The molecule has 0 amide bonds. The third-order valence-corrected chi connectivity index (χ3v) is 0.535. The van der Waals surface area contributed by atoms with Crippen LogP contribution in [0.2, 0.25) is 5.22 Å². The fourth-order valence-corrected chi connectivity index (χ4v) is 0.265. The minimum Gasteiger partial charge on any atom is -0.431 e. The van der Waals surface area contributed by atoms with Crippen LogP contribution in [0.15, 0.2) is 10.8 Å². The second kappa shape index (κ2) is 1.30. The number of hydrogen-bond donors (Lipinski definition) is 0. The molecule has 0 atom stereocenters. The van der Waals surface area contributed by atoms with E-state index in [4.69, 9.17) is 11.6 Å². The molecule has 0 unspecified atom stereocenters. The van der Waals surface area contributed by atoms with E-state index in [1.165, 1.54) is 6.39 Å².